The SMILES string of the molecule is C=C(Cc1ccc(O)cc1F)NC1Cc2cccc(C(=O)O)c2OB1OC.CC1CC1.NCCN1CCN(C(N)=O)C(=O)C1=O. The van der Waals surface area contributed by atoms with E-state index in [0.717, 1.165) is 22.4 Å². The molecule has 45 heavy (non-hydrogen) atoms. The van der Waals surface area contributed by atoms with Gasteiger partial charge >= 0.3 is 30.9 Å². The minimum absolute atomic E-state index is 0.0815. The third-order valence-electron chi connectivity index (χ3n) is 7.23. The van der Waals surface area contributed by atoms with Gasteiger partial charge in [0.25, 0.3) is 0 Å². The minimum Gasteiger partial charge on any atom is -0.534 e. The van der Waals surface area contributed by atoms with Crippen molar-refractivity contribution in [2.75, 3.05) is 33.3 Å². The van der Waals surface area contributed by atoms with Crippen LogP contribution in [0.3, 0.4) is 0 Å². The summed E-state index contributed by atoms with van der Waals surface area (Å²) in [6, 6.07) is 8.01. The quantitative estimate of drug-likeness (QED) is 0.212. The number of carbonyl (C=O) groups is 4. The molecule has 0 spiro atoms. The van der Waals surface area contributed by atoms with Gasteiger partial charge in [-0.05, 0) is 35.6 Å². The first-order valence-electron chi connectivity index (χ1n) is 14.4. The third kappa shape index (κ3) is 9.68. The number of imide groups is 1. The number of amides is 4. The van der Waals surface area contributed by atoms with Crippen LogP contribution in [0.5, 0.6) is 11.5 Å². The third-order valence-corrected chi connectivity index (χ3v) is 7.23. The number of aromatic carboxylic acids is 1. The number of hydrogen-bond acceptors (Lipinski definition) is 9. The van der Waals surface area contributed by atoms with Gasteiger partial charge in [-0.25, -0.2) is 14.0 Å². The van der Waals surface area contributed by atoms with Gasteiger partial charge in [0.05, 0.1) is 11.5 Å². The molecule has 2 fully saturated rings. The number of halogens is 1. The molecule has 2 heterocycles. The predicted octanol–water partition coefficient (Wildman–Crippen LogP) is 1.66. The Bertz CT molecular complexity index is 1420. The zero-order valence-corrected chi connectivity index (χ0v) is 25.3. The highest BCUT2D eigenvalue weighted by Gasteiger charge is 2.39. The first kappa shape index (κ1) is 34.9. The number of phenolic OH excluding ortho intramolecular Hbond substituents is 1. The summed E-state index contributed by atoms with van der Waals surface area (Å²) in [5, 5.41) is 21.8. The Labute approximate surface area is 261 Å². The molecule has 1 saturated heterocycles. The number of carboxylic acid groups (broad SMARTS) is 1. The second-order valence-electron chi connectivity index (χ2n) is 10.9. The molecule has 1 unspecified atom stereocenters. The molecular formula is C30H39BFN5O8. The Morgan fingerprint density at radius 2 is 1.89 bits per heavy atom. The number of nitrogens with one attached hydrogen (secondary N) is 1. The second kappa shape index (κ2) is 15.9. The number of allylic oxidation sites excluding steroid dienone is 1. The molecule has 2 aromatic carbocycles. The van der Waals surface area contributed by atoms with Gasteiger partial charge in [0, 0.05) is 51.5 Å². The van der Waals surface area contributed by atoms with E-state index in [4.69, 9.17) is 20.8 Å². The highest BCUT2D eigenvalue weighted by molar-refractivity contribution is 6.48. The summed E-state index contributed by atoms with van der Waals surface area (Å²) in [6.45, 7) is 7.25. The van der Waals surface area contributed by atoms with Crippen LogP contribution in [0.15, 0.2) is 48.7 Å². The van der Waals surface area contributed by atoms with E-state index < -0.39 is 36.8 Å². The van der Waals surface area contributed by atoms with Gasteiger partial charge in [-0.3, -0.25) is 14.5 Å². The van der Waals surface area contributed by atoms with Gasteiger partial charge in [-0.15, -0.1) is 0 Å². The van der Waals surface area contributed by atoms with Crippen LogP contribution in [0.2, 0.25) is 0 Å². The van der Waals surface area contributed by atoms with E-state index in [1.165, 1.54) is 43.1 Å². The number of benzene rings is 2. The first-order valence-corrected chi connectivity index (χ1v) is 14.4. The lowest BCUT2D eigenvalue weighted by molar-refractivity contribution is -0.153. The summed E-state index contributed by atoms with van der Waals surface area (Å²) in [6.07, 6.45) is 3.66. The molecule has 7 N–H and O–H groups in total. The van der Waals surface area contributed by atoms with Crippen molar-refractivity contribution >= 4 is 30.9 Å². The summed E-state index contributed by atoms with van der Waals surface area (Å²) in [4.78, 5) is 46.7. The van der Waals surface area contributed by atoms with Gasteiger partial charge in [0.1, 0.15) is 17.3 Å². The summed E-state index contributed by atoms with van der Waals surface area (Å²) in [7, 11) is 0.746. The maximum atomic E-state index is 13.9. The van der Waals surface area contributed by atoms with Crippen molar-refractivity contribution in [1.82, 2.24) is 15.1 Å². The molecule has 0 bridgehead atoms. The lowest BCUT2D eigenvalue weighted by Gasteiger charge is -2.31. The highest BCUT2D eigenvalue weighted by Crippen LogP contribution is 2.31. The number of hydrogen-bond donors (Lipinski definition) is 5. The Morgan fingerprint density at radius 3 is 2.44 bits per heavy atom. The van der Waals surface area contributed by atoms with Gasteiger partial charge in [0.2, 0.25) is 0 Å². The van der Waals surface area contributed by atoms with E-state index in [-0.39, 0.29) is 36.8 Å². The van der Waals surface area contributed by atoms with Crippen LogP contribution in [0.4, 0.5) is 9.18 Å². The number of urea groups is 1. The van der Waals surface area contributed by atoms with Crippen LogP contribution >= 0.6 is 0 Å². The molecule has 242 valence electrons. The standard InChI is InChI=1S/C19H19BFNO5.C7H12N4O3.C4H8/c1-11(8-12-6-7-14(23)10-16(12)21)22-17-9-13-4-3-5-15(19(24)25)18(13)27-20(17)26-2;8-1-2-10-3-4-11(7(9)14)6(13)5(10)12;1-4-2-3-4/h3-7,10,17,22-23H,1,8-9H2,2H3,(H,24,25);1-4,8H2,(H2,9,14);4H,2-3H2,1H3. The zero-order chi connectivity index (χ0) is 33.3. The van der Waals surface area contributed by atoms with Crippen molar-refractivity contribution in [1.29, 1.82) is 0 Å². The average molecular weight is 627 g/mol. The van der Waals surface area contributed by atoms with Gasteiger partial charge < -0.3 is 41.2 Å². The molecule has 3 aliphatic rings. The fraction of sp³-hybridized carbons (Fsp3) is 0.400. The van der Waals surface area contributed by atoms with Crippen molar-refractivity contribution < 1.29 is 43.1 Å². The van der Waals surface area contributed by atoms with E-state index in [1.54, 1.807) is 12.1 Å². The van der Waals surface area contributed by atoms with Crippen LogP contribution in [-0.4, -0.2) is 90.2 Å². The molecule has 1 aliphatic carbocycles. The Kier molecular flexibility index (Phi) is 12.3. The fourth-order valence-corrected chi connectivity index (χ4v) is 4.56. The Morgan fingerprint density at radius 1 is 1.20 bits per heavy atom. The summed E-state index contributed by atoms with van der Waals surface area (Å²) >= 11 is 0. The van der Waals surface area contributed by atoms with Gasteiger partial charge in [-0.2, -0.15) is 0 Å². The number of fused-ring (bicyclic) bond motifs is 1. The molecular weight excluding hydrogens is 588 g/mol. The van der Waals surface area contributed by atoms with E-state index in [9.17, 15) is 33.8 Å². The van der Waals surface area contributed by atoms with Crippen molar-refractivity contribution in [3.8, 4) is 11.5 Å². The average Bonchev–Trinajstić information content (AvgIpc) is 3.78. The fourth-order valence-electron chi connectivity index (χ4n) is 4.56. The molecule has 2 aliphatic heterocycles. The van der Waals surface area contributed by atoms with Crippen molar-refractivity contribution in [3.63, 3.8) is 0 Å². The normalized spacial score (nSPS) is 17.2. The monoisotopic (exact) mass is 627 g/mol. The number of piperazine rings is 1. The topological polar surface area (TPSA) is 198 Å². The maximum absolute atomic E-state index is 13.9. The summed E-state index contributed by atoms with van der Waals surface area (Å²) < 4.78 is 25.0. The number of carboxylic acids is 1. The van der Waals surface area contributed by atoms with E-state index >= 15 is 0 Å². The van der Waals surface area contributed by atoms with E-state index in [0.29, 0.717) is 36.5 Å². The van der Waals surface area contributed by atoms with Crippen molar-refractivity contribution in [3.05, 3.63) is 71.2 Å². The van der Waals surface area contributed by atoms with Crippen LogP contribution in [0, 0.1) is 11.7 Å². The lowest BCUT2D eigenvalue weighted by Crippen LogP contribution is -2.58. The Hall–Kier alpha value is -4.63. The number of aromatic hydroxyl groups is 1. The van der Waals surface area contributed by atoms with Crippen LogP contribution < -0.4 is 21.4 Å². The van der Waals surface area contributed by atoms with Gasteiger partial charge in [-0.1, -0.05) is 44.5 Å². The second-order valence-corrected chi connectivity index (χ2v) is 10.9. The summed E-state index contributed by atoms with van der Waals surface area (Å²) in [5.41, 5.74) is 11.9. The van der Waals surface area contributed by atoms with Crippen LogP contribution in [-0.2, 0) is 27.1 Å². The lowest BCUT2D eigenvalue weighted by atomic mass is 9.71. The number of nitrogens with zero attached hydrogens (tertiary/aromatic N) is 2. The Balaban J connectivity index is 0.000000254. The number of para-hydroxylation sites is 1. The molecule has 15 heteroatoms. The molecule has 13 nitrogen and oxygen atoms in total. The molecule has 4 amide bonds. The predicted molar refractivity (Wildman–Crippen MR) is 164 cm³/mol. The molecule has 1 saturated carbocycles. The maximum Gasteiger partial charge on any atom is 0.549 e. The largest absolute Gasteiger partial charge is 0.549 e. The van der Waals surface area contributed by atoms with E-state index in [1.807, 2.05) is 0 Å². The van der Waals surface area contributed by atoms with Crippen molar-refractivity contribution in [2.45, 2.75) is 38.5 Å². The number of carbonyl (C=O) groups excluding carboxylic acids is 3. The smallest absolute Gasteiger partial charge is 0.534 e. The van der Waals surface area contributed by atoms with Gasteiger partial charge in [0.15, 0.2) is 0 Å². The van der Waals surface area contributed by atoms with Crippen LogP contribution in [0.25, 0.3) is 0 Å². The number of rotatable bonds is 8. The van der Waals surface area contributed by atoms with Crippen LogP contribution in [0.1, 0.15) is 41.3 Å². The first-order chi connectivity index (χ1) is 21.4. The van der Waals surface area contributed by atoms with E-state index in [2.05, 4.69) is 18.8 Å². The number of primary amides is 1. The number of nitrogens with two attached hydrogens (primary N) is 2. The highest BCUT2D eigenvalue weighted by atomic mass is 19.1. The molecule has 2 aromatic rings. The van der Waals surface area contributed by atoms with Crippen molar-refractivity contribution in [2.24, 2.45) is 17.4 Å². The number of phenols is 1. The molecule has 0 radical (unpaired) electrons. The molecule has 1 atom stereocenters. The summed E-state index contributed by atoms with van der Waals surface area (Å²) in [5.74, 6) is -2.26. The zero-order valence-electron chi connectivity index (χ0n) is 25.3. The molecule has 5 rings (SSSR count). The molecule has 0 aromatic heterocycles. The minimum atomic E-state index is -1.07.